The Hall–Kier alpha value is -9.12. The van der Waals surface area contributed by atoms with E-state index >= 15 is 0 Å². The molecule has 85 heavy (non-hydrogen) atoms. The molecule has 6 aromatic rings. The second-order valence-corrected chi connectivity index (χ2v) is 20.6. The van der Waals surface area contributed by atoms with E-state index in [2.05, 4.69) is 54.7 Å². The fourth-order valence-electron chi connectivity index (χ4n) is 9.39. The van der Waals surface area contributed by atoms with Crippen molar-refractivity contribution in [3.63, 3.8) is 0 Å². The summed E-state index contributed by atoms with van der Waals surface area (Å²) in [7, 11) is 1.58. The highest BCUT2D eigenvalue weighted by Crippen LogP contribution is 2.28. The van der Waals surface area contributed by atoms with Crippen molar-refractivity contribution >= 4 is 47.5 Å². The van der Waals surface area contributed by atoms with Gasteiger partial charge in [0.1, 0.15) is 43.8 Å². The molecule has 6 aromatic carbocycles. The van der Waals surface area contributed by atoms with Crippen LogP contribution in [0.4, 0.5) is 9.59 Å². The maximum atomic E-state index is 12.9. The van der Waals surface area contributed by atoms with E-state index in [4.69, 9.17) is 29.8 Å². The fraction of sp³-hybridized carbons (Fsp3) is 0.312. The molecule has 2 heterocycles. The highest BCUT2D eigenvalue weighted by molar-refractivity contribution is 6.05. The third-order valence-corrected chi connectivity index (χ3v) is 14.2. The molecule has 2 saturated heterocycles. The molecule has 0 spiro atoms. The second-order valence-electron chi connectivity index (χ2n) is 20.6. The number of rotatable bonds is 23. The second kappa shape index (κ2) is 32.7. The average molecular weight is 1160 g/mol. The van der Waals surface area contributed by atoms with Crippen LogP contribution in [0, 0.1) is 10.8 Å². The largest absolute Gasteiger partial charge is 0.444 e. The van der Waals surface area contributed by atoms with Crippen LogP contribution in [-0.2, 0) is 77.6 Å². The Kier molecular flexibility index (Phi) is 24.4. The Bertz CT molecular complexity index is 3210. The van der Waals surface area contributed by atoms with Crippen LogP contribution in [0.5, 0.6) is 0 Å². The number of aliphatic hydroxyl groups excluding tert-OH is 1. The molecule has 21 nitrogen and oxygen atoms in total. The number of amides is 6. The first-order valence-electron chi connectivity index (χ1n) is 27.9. The van der Waals surface area contributed by atoms with Gasteiger partial charge in [-0.1, -0.05) is 158 Å². The fourth-order valence-corrected chi connectivity index (χ4v) is 9.39. The van der Waals surface area contributed by atoms with Gasteiger partial charge in [-0.25, -0.2) is 9.59 Å². The summed E-state index contributed by atoms with van der Waals surface area (Å²) in [6, 6.07) is 45.8. The lowest BCUT2D eigenvalue weighted by Gasteiger charge is -2.17. The quantitative estimate of drug-likeness (QED) is 0.0152. The third kappa shape index (κ3) is 20.3. The Balaban J connectivity index is 0.000000244. The van der Waals surface area contributed by atoms with Crippen molar-refractivity contribution in [1.29, 1.82) is 10.8 Å². The van der Waals surface area contributed by atoms with Gasteiger partial charge >= 0.3 is 12.2 Å². The van der Waals surface area contributed by atoms with Gasteiger partial charge in [-0.05, 0) is 83.0 Å². The first-order valence-corrected chi connectivity index (χ1v) is 27.9. The van der Waals surface area contributed by atoms with Crippen LogP contribution in [0.15, 0.2) is 158 Å². The van der Waals surface area contributed by atoms with E-state index in [9.17, 15) is 33.9 Å². The number of hydrogen-bond donors (Lipinski definition) is 11. The zero-order valence-electron chi connectivity index (χ0n) is 47.8. The minimum atomic E-state index is -0.723. The maximum absolute atomic E-state index is 12.9. The highest BCUT2D eigenvalue weighted by atomic mass is 16.7. The Morgan fingerprint density at radius 2 is 0.941 bits per heavy atom. The van der Waals surface area contributed by atoms with E-state index in [-0.39, 0.29) is 86.8 Å². The summed E-state index contributed by atoms with van der Waals surface area (Å²) in [5.74, 6) is -0.934. The number of alkyl carbamates (subject to hydrolysis) is 2. The van der Waals surface area contributed by atoms with Crippen LogP contribution in [0.25, 0.3) is 0 Å². The van der Waals surface area contributed by atoms with Gasteiger partial charge in [0.15, 0.2) is 0 Å². The summed E-state index contributed by atoms with van der Waals surface area (Å²) < 4.78 is 20.7. The Morgan fingerprint density at radius 3 is 1.36 bits per heavy atom. The number of carbonyl (C=O) groups excluding carboxylic acids is 6. The smallest absolute Gasteiger partial charge is 0.413 e. The molecule has 11 N–H and O–H groups in total. The first-order chi connectivity index (χ1) is 41.1. The molecule has 2 aliphatic rings. The van der Waals surface area contributed by atoms with E-state index in [1.54, 1.807) is 69.5 Å². The van der Waals surface area contributed by atoms with Crippen molar-refractivity contribution in [2.24, 2.45) is 0 Å². The van der Waals surface area contributed by atoms with Crippen LogP contribution in [-0.4, -0.2) is 104 Å². The predicted molar refractivity (Wildman–Crippen MR) is 319 cm³/mol. The van der Waals surface area contributed by atoms with E-state index in [0.29, 0.717) is 43.7 Å². The van der Waals surface area contributed by atoms with Crippen molar-refractivity contribution in [3.05, 3.63) is 213 Å². The lowest BCUT2D eigenvalue weighted by Crippen LogP contribution is -2.49. The Morgan fingerprint density at radius 1 is 0.529 bits per heavy atom. The lowest BCUT2D eigenvalue weighted by molar-refractivity contribution is -0.129. The highest BCUT2D eigenvalue weighted by Gasteiger charge is 2.33. The van der Waals surface area contributed by atoms with Crippen molar-refractivity contribution in [1.82, 2.24) is 42.5 Å². The standard InChI is InChI=1S/C33H39N5O6.C31H35N5O5/c1-22(37-32(40)29-16-28(18-35-29)27-10-6-9-25(15-27)19-43-21-42-2)31(39)36-17-23-11-13-26(14-12-23)30(34)38-33(41)44-20-24-7-4-3-5-8-24;1-20(35-30(39)27-15-26(17-33-27)25-9-5-8-23(14-25)18-37)29(38)34-16-21-10-12-24(13-11-21)28(32)36-31(40)41-19-22-6-3-2-4-7-22/h3-15,22,28-29,35H,16-21H2,1-2H3,(H,36,39)(H,37,40)(H2,34,38,41);2-14,20,26-27,33,37H,15-19H2,1H3,(H,34,38)(H,35,39)(H2,32,36,40)/t22-,28-,29+;20-,26-,27+/m00/s1. The van der Waals surface area contributed by atoms with Crippen molar-refractivity contribution in [2.45, 2.75) is 102 Å². The average Bonchev–Trinajstić information content (AvgIpc) is 4.45. The van der Waals surface area contributed by atoms with Crippen molar-refractivity contribution in [2.75, 3.05) is 27.0 Å². The molecular weight excluding hydrogens is 1080 g/mol. The predicted octanol–water partition coefficient (Wildman–Crippen LogP) is 6.02. The first kappa shape index (κ1) is 63.5. The molecule has 0 aromatic heterocycles. The molecule has 6 amide bonds. The molecule has 8 rings (SSSR count). The number of aliphatic hydroxyl groups is 1. The molecule has 446 valence electrons. The minimum absolute atomic E-state index is 0.0262. The van der Waals surface area contributed by atoms with Gasteiger partial charge in [0.2, 0.25) is 23.6 Å². The summed E-state index contributed by atoms with van der Waals surface area (Å²) >= 11 is 0. The lowest BCUT2D eigenvalue weighted by atomic mass is 9.94. The minimum Gasteiger partial charge on any atom is -0.444 e. The molecule has 0 unspecified atom stereocenters. The topological polar surface area (TPSA) is 304 Å². The van der Waals surface area contributed by atoms with Gasteiger partial charge in [0.05, 0.1) is 25.3 Å². The molecule has 0 saturated carbocycles. The van der Waals surface area contributed by atoms with Gasteiger partial charge in [-0.15, -0.1) is 0 Å². The molecule has 0 radical (unpaired) electrons. The zero-order chi connectivity index (χ0) is 60.5. The van der Waals surface area contributed by atoms with Crippen LogP contribution < -0.4 is 42.5 Å². The summed E-state index contributed by atoms with van der Waals surface area (Å²) in [5.41, 5.74) is 8.36. The molecule has 2 aliphatic heterocycles. The summed E-state index contributed by atoms with van der Waals surface area (Å²) in [5, 5.41) is 48.2. The SMILES string of the molecule is COCOCc1cccc([C@@H]2CN[C@@H](C(=O)N[C@@H](C)C(=O)NCc3ccc(C(=N)NC(=O)OCc4ccccc4)cc3)C2)c1.C[C@H](NC(=O)[C@H]1C[C@H](c2cccc(CO)c2)CN1)C(=O)NCc1ccc(C(=N)NC(=O)OCc2ccccc2)cc1. The zero-order valence-corrected chi connectivity index (χ0v) is 47.8. The molecule has 0 aliphatic carbocycles. The maximum Gasteiger partial charge on any atom is 0.413 e. The third-order valence-electron chi connectivity index (χ3n) is 14.2. The van der Waals surface area contributed by atoms with Gasteiger partial charge in [0, 0.05) is 44.4 Å². The van der Waals surface area contributed by atoms with Gasteiger partial charge in [-0.2, -0.15) is 0 Å². The number of hydrogen-bond acceptors (Lipinski definition) is 15. The number of carbonyl (C=O) groups is 6. The number of ether oxygens (including phenoxy) is 4. The molecular formula is C64H74N10O11. The normalized spacial score (nSPS) is 16.7. The van der Waals surface area contributed by atoms with E-state index < -0.39 is 36.4 Å². The number of amidine groups is 2. The monoisotopic (exact) mass is 1160 g/mol. The molecule has 21 heteroatoms. The van der Waals surface area contributed by atoms with Crippen molar-refractivity contribution < 1.29 is 52.8 Å². The van der Waals surface area contributed by atoms with Crippen LogP contribution >= 0.6 is 0 Å². The number of methoxy groups -OCH3 is 1. The summed E-state index contributed by atoms with van der Waals surface area (Å²) in [6.45, 7) is 5.95. The van der Waals surface area contributed by atoms with Crippen LogP contribution in [0.1, 0.15) is 94.2 Å². The number of nitrogens with one attached hydrogen (secondary N) is 10. The van der Waals surface area contributed by atoms with E-state index in [1.807, 2.05) is 97.1 Å². The molecule has 2 fully saturated rings. The van der Waals surface area contributed by atoms with Crippen LogP contribution in [0.2, 0.25) is 0 Å². The van der Waals surface area contributed by atoms with Crippen molar-refractivity contribution in [3.8, 4) is 0 Å². The summed E-state index contributed by atoms with van der Waals surface area (Å²) in [4.78, 5) is 75.0. The van der Waals surface area contributed by atoms with E-state index in [1.165, 1.54) is 0 Å². The van der Waals surface area contributed by atoms with Gasteiger partial charge in [-0.3, -0.25) is 40.6 Å². The van der Waals surface area contributed by atoms with Gasteiger partial charge < -0.3 is 56.0 Å². The van der Waals surface area contributed by atoms with E-state index in [0.717, 1.165) is 44.5 Å². The molecule has 6 atom stereocenters. The van der Waals surface area contributed by atoms with Gasteiger partial charge in [0.25, 0.3) is 0 Å². The molecule has 0 bridgehead atoms. The number of benzene rings is 6. The Labute approximate surface area is 494 Å². The van der Waals surface area contributed by atoms with Crippen LogP contribution in [0.3, 0.4) is 0 Å². The summed E-state index contributed by atoms with van der Waals surface area (Å²) in [6.07, 6.45) is -0.197.